The predicted molar refractivity (Wildman–Crippen MR) is 68.6 cm³/mol. The van der Waals surface area contributed by atoms with Gasteiger partial charge in [0, 0.05) is 17.5 Å². The Hall–Kier alpha value is -1.90. The van der Waals surface area contributed by atoms with Crippen molar-refractivity contribution in [1.29, 1.82) is 0 Å². The summed E-state index contributed by atoms with van der Waals surface area (Å²) in [6.45, 7) is 2.09. The van der Waals surface area contributed by atoms with Crippen LogP contribution in [-0.4, -0.2) is 9.97 Å². The smallest absolute Gasteiger partial charge is 0.134 e. The van der Waals surface area contributed by atoms with Crippen LogP contribution in [0.1, 0.15) is 30.1 Å². The van der Waals surface area contributed by atoms with Gasteiger partial charge in [0.15, 0.2) is 0 Å². The normalized spacial score (nSPS) is 14.9. The van der Waals surface area contributed by atoms with Gasteiger partial charge in [0.25, 0.3) is 0 Å². The molecule has 0 saturated heterocycles. The van der Waals surface area contributed by atoms with Crippen molar-refractivity contribution in [3.05, 3.63) is 41.7 Å². The number of nitrogens with zero attached hydrogens (tertiary/aromatic N) is 2. The van der Waals surface area contributed by atoms with Crippen LogP contribution in [0.4, 0.5) is 5.82 Å². The molecule has 0 spiro atoms. The van der Waals surface area contributed by atoms with Gasteiger partial charge in [0.1, 0.15) is 11.6 Å². The zero-order valence-electron chi connectivity index (χ0n) is 9.85. The standard InChI is InChI=1S/C14H15N3/c1-9-4-2-3-5-11(9)12-8-13(15)17-14(16-12)10-6-7-10/h2-5,8,10H,6-7H2,1H3,(H2,15,16,17). The van der Waals surface area contributed by atoms with E-state index in [9.17, 15) is 0 Å². The molecular formula is C14H15N3. The molecule has 3 heteroatoms. The third-order valence-electron chi connectivity index (χ3n) is 3.13. The number of nitrogens with two attached hydrogens (primary N) is 1. The van der Waals surface area contributed by atoms with Crippen molar-refractivity contribution in [2.75, 3.05) is 5.73 Å². The SMILES string of the molecule is Cc1ccccc1-c1cc(N)nc(C2CC2)n1. The molecule has 1 heterocycles. The quantitative estimate of drug-likeness (QED) is 0.855. The summed E-state index contributed by atoms with van der Waals surface area (Å²) in [7, 11) is 0. The number of rotatable bonds is 2. The highest BCUT2D eigenvalue weighted by Crippen LogP contribution is 2.39. The molecule has 2 N–H and O–H groups in total. The van der Waals surface area contributed by atoms with Crippen molar-refractivity contribution < 1.29 is 0 Å². The Balaban J connectivity index is 2.11. The summed E-state index contributed by atoms with van der Waals surface area (Å²) in [5.41, 5.74) is 9.16. The highest BCUT2D eigenvalue weighted by atomic mass is 15.0. The lowest BCUT2D eigenvalue weighted by Crippen LogP contribution is -2.00. The van der Waals surface area contributed by atoms with Crippen molar-refractivity contribution in [2.24, 2.45) is 0 Å². The van der Waals surface area contributed by atoms with E-state index in [4.69, 9.17) is 5.73 Å². The molecule has 86 valence electrons. The molecule has 0 unspecified atom stereocenters. The molecule has 1 aromatic carbocycles. The molecule has 1 fully saturated rings. The number of anilines is 1. The van der Waals surface area contributed by atoms with Crippen molar-refractivity contribution in [1.82, 2.24) is 9.97 Å². The molecule has 1 aliphatic rings. The minimum atomic E-state index is 0.529. The summed E-state index contributed by atoms with van der Waals surface area (Å²) < 4.78 is 0. The molecular weight excluding hydrogens is 210 g/mol. The molecule has 17 heavy (non-hydrogen) atoms. The zero-order valence-corrected chi connectivity index (χ0v) is 9.85. The Morgan fingerprint density at radius 2 is 1.94 bits per heavy atom. The van der Waals surface area contributed by atoms with Gasteiger partial charge in [0.2, 0.25) is 0 Å². The van der Waals surface area contributed by atoms with E-state index in [0.717, 1.165) is 17.1 Å². The fraction of sp³-hybridized carbons (Fsp3) is 0.286. The molecule has 0 amide bonds. The lowest BCUT2D eigenvalue weighted by Gasteiger charge is -2.07. The van der Waals surface area contributed by atoms with Crippen LogP contribution in [0.2, 0.25) is 0 Å². The highest BCUT2D eigenvalue weighted by Gasteiger charge is 2.27. The lowest BCUT2D eigenvalue weighted by molar-refractivity contribution is 0.935. The summed E-state index contributed by atoms with van der Waals surface area (Å²) >= 11 is 0. The van der Waals surface area contributed by atoms with Gasteiger partial charge >= 0.3 is 0 Å². The highest BCUT2D eigenvalue weighted by molar-refractivity contribution is 5.65. The van der Waals surface area contributed by atoms with E-state index in [1.165, 1.54) is 18.4 Å². The van der Waals surface area contributed by atoms with Crippen LogP contribution in [0.15, 0.2) is 30.3 Å². The first kappa shape index (κ1) is 10.3. The minimum Gasteiger partial charge on any atom is -0.384 e. The molecule has 3 nitrogen and oxygen atoms in total. The van der Waals surface area contributed by atoms with Crippen molar-refractivity contribution in [3.8, 4) is 11.3 Å². The van der Waals surface area contributed by atoms with Crippen molar-refractivity contribution in [3.63, 3.8) is 0 Å². The molecule has 0 atom stereocenters. The molecule has 1 aliphatic carbocycles. The lowest BCUT2D eigenvalue weighted by atomic mass is 10.1. The number of benzene rings is 1. The van der Waals surface area contributed by atoms with Gasteiger partial charge in [-0.15, -0.1) is 0 Å². The van der Waals surface area contributed by atoms with E-state index in [-0.39, 0.29) is 0 Å². The maximum absolute atomic E-state index is 5.86. The molecule has 2 aromatic rings. The summed E-state index contributed by atoms with van der Waals surface area (Å²) in [6.07, 6.45) is 2.38. The van der Waals surface area contributed by atoms with Crippen LogP contribution in [-0.2, 0) is 0 Å². The zero-order chi connectivity index (χ0) is 11.8. The number of nitrogen functional groups attached to an aromatic ring is 1. The third kappa shape index (κ3) is 2.00. The van der Waals surface area contributed by atoms with Gasteiger partial charge in [0.05, 0.1) is 5.69 Å². The first-order valence-corrected chi connectivity index (χ1v) is 5.94. The largest absolute Gasteiger partial charge is 0.384 e. The van der Waals surface area contributed by atoms with Crippen LogP contribution < -0.4 is 5.73 Å². The van der Waals surface area contributed by atoms with Gasteiger partial charge in [-0.3, -0.25) is 0 Å². The van der Waals surface area contributed by atoms with E-state index < -0.39 is 0 Å². The second-order valence-corrected chi connectivity index (χ2v) is 4.63. The Labute approximate surface area is 101 Å². The maximum atomic E-state index is 5.86. The first-order valence-electron chi connectivity index (χ1n) is 5.94. The average molecular weight is 225 g/mol. The van der Waals surface area contributed by atoms with Crippen molar-refractivity contribution >= 4 is 5.82 Å². The summed E-state index contributed by atoms with van der Waals surface area (Å²) in [5, 5.41) is 0. The summed E-state index contributed by atoms with van der Waals surface area (Å²) in [6, 6.07) is 10.1. The van der Waals surface area contributed by atoms with Crippen LogP contribution in [0.25, 0.3) is 11.3 Å². The average Bonchev–Trinajstić information content (AvgIpc) is 3.12. The summed E-state index contributed by atoms with van der Waals surface area (Å²) in [4.78, 5) is 8.95. The Morgan fingerprint density at radius 3 is 2.65 bits per heavy atom. The molecule has 1 saturated carbocycles. The number of aryl methyl sites for hydroxylation is 1. The van der Waals surface area contributed by atoms with E-state index in [0.29, 0.717) is 11.7 Å². The number of aromatic nitrogens is 2. The second kappa shape index (κ2) is 3.84. The van der Waals surface area contributed by atoms with Crippen LogP contribution in [0, 0.1) is 6.92 Å². The Morgan fingerprint density at radius 1 is 1.18 bits per heavy atom. The van der Waals surface area contributed by atoms with Crippen LogP contribution >= 0.6 is 0 Å². The summed E-state index contributed by atoms with van der Waals surface area (Å²) in [5.74, 6) is 2.00. The van der Waals surface area contributed by atoms with Crippen LogP contribution in [0.5, 0.6) is 0 Å². The minimum absolute atomic E-state index is 0.529. The molecule has 3 rings (SSSR count). The predicted octanol–water partition coefficient (Wildman–Crippen LogP) is 2.91. The van der Waals surface area contributed by atoms with Gasteiger partial charge in [-0.1, -0.05) is 24.3 Å². The number of hydrogen-bond donors (Lipinski definition) is 1. The molecule has 0 aliphatic heterocycles. The van der Waals surface area contributed by atoms with Gasteiger partial charge in [-0.05, 0) is 25.3 Å². The van der Waals surface area contributed by atoms with Gasteiger partial charge in [-0.25, -0.2) is 9.97 Å². The fourth-order valence-corrected chi connectivity index (χ4v) is 2.01. The molecule has 1 aromatic heterocycles. The maximum Gasteiger partial charge on any atom is 0.134 e. The Bertz CT molecular complexity index is 559. The monoisotopic (exact) mass is 225 g/mol. The Kier molecular flexibility index (Phi) is 2.32. The number of hydrogen-bond acceptors (Lipinski definition) is 3. The fourth-order valence-electron chi connectivity index (χ4n) is 2.01. The van der Waals surface area contributed by atoms with Crippen LogP contribution in [0.3, 0.4) is 0 Å². The molecule has 0 radical (unpaired) electrons. The van der Waals surface area contributed by atoms with E-state index >= 15 is 0 Å². The van der Waals surface area contributed by atoms with E-state index in [1.807, 2.05) is 18.2 Å². The third-order valence-corrected chi connectivity index (χ3v) is 3.13. The van der Waals surface area contributed by atoms with Gasteiger partial charge in [-0.2, -0.15) is 0 Å². The second-order valence-electron chi connectivity index (χ2n) is 4.63. The van der Waals surface area contributed by atoms with E-state index in [1.54, 1.807) is 0 Å². The van der Waals surface area contributed by atoms with E-state index in [2.05, 4.69) is 29.0 Å². The van der Waals surface area contributed by atoms with Crippen molar-refractivity contribution in [2.45, 2.75) is 25.7 Å². The molecule has 0 bridgehead atoms. The topological polar surface area (TPSA) is 51.8 Å². The first-order chi connectivity index (χ1) is 8.24. The van der Waals surface area contributed by atoms with Gasteiger partial charge < -0.3 is 5.73 Å².